The third-order valence-electron chi connectivity index (χ3n) is 7.66. The van der Waals surface area contributed by atoms with Gasteiger partial charge in [-0.15, -0.1) is 0 Å². The Balaban J connectivity index is 0.000000119. The summed E-state index contributed by atoms with van der Waals surface area (Å²) in [5.74, 6) is -1.68. The summed E-state index contributed by atoms with van der Waals surface area (Å²) in [5.41, 5.74) is 0.447. The van der Waals surface area contributed by atoms with Crippen molar-refractivity contribution in [3.8, 4) is 0 Å². The first-order chi connectivity index (χ1) is 12.3. The van der Waals surface area contributed by atoms with Crippen molar-refractivity contribution >= 4 is 5.97 Å². The molecule has 0 aliphatic heterocycles. The van der Waals surface area contributed by atoms with Crippen molar-refractivity contribution < 1.29 is 23.2 Å². The lowest BCUT2D eigenvalue weighted by Crippen LogP contribution is -1.97. The van der Waals surface area contributed by atoms with Gasteiger partial charge in [-0.2, -0.15) is 0 Å². The number of rotatable bonds is 4. The molecule has 6 rings (SSSR count). The van der Waals surface area contributed by atoms with Gasteiger partial charge in [0.2, 0.25) is 0 Å². The molecule has 6 aliphatic rings. The van der Waals surface area contributed by atoms with E-state index in [0.717, 1.165) is 51.4 Å². The molecule has 6 fully saturated rings. The molecule has 0 aromatic rings. The lowest BCUT2D eigenvalue weighted by molar-refractivity contribution is -0.137. The average Bonchev–Trinajstić information content (AvgIpc) is 3.32. The normalized spacial score (nSPS) is 46.9. The number of carboxylic acids is 1. The van der Waals surface area contributed by atoms with Gasteiger partial charge in [0.15, 0.2) is 0 Å². The number of aliphatic carboxylic acids is 1. The minimum absolute atomic E-state index is 0.0899. The van der Waals surface area contributed by atoms with E-state index in [-0.39, 0.29) is 33.5 Å². The lowest BCUT2D eigenvalue weighted by Gasteiger charge is -1.89. The smallest absolute Gasteiger partial charge is 0.303 e. The number of hydrogen-bond acceptors (Lipinski definition) is 2. The van der Waals surface area contributed by atoms with E-state index < -0.39 is 25.3 Å². The van der Waals surface area contributed by atoms with Crippen LogP contribution in [0.2, 0.25) is 0 Å². The van der Waals surface area contributed by atoms with Gasteiger partial charge in [0.25, 0.3) is 0 Å². The molecule has 0 radical (unpaired) electrons. The number of fused-ring (bicyclic) bond motifs is 2. The van der Waals surface area contributed by atoms with Crippen LogP contribution in [0.5, 0.6) is 0 Å². The third-order valence-corrected chi connectivity index (χ3v) is 7.66. The minimum Gasteiger partial charge on any atom is -0.481 e. The van der Waals surface area contributed by atoms with Crippen LogP contribution in [-0.4, -0.2) is 22.7 Å². The Morgan fingerprint density at radius 2 is 1.29 bits per heavy atom. The van der Waals surface area contributed by atoms with Crippen LogP contribution in [0.3, 0.4) is 0 Å². The molecule has 0 saturated heterocycles. The fourth-order valence-electron chi connectivity index (χ4n) is 5.90. The standard InChI is InChI=1S/C9H12O2.C9H14O/c10-7(11)5-6-8(1-2-8)9(6)3-4-9;10-6-1-7-8(2-3-8)9(7)4-5-9/h6H,1-5H2,(H,10,11);7,10H,1-6H2/i5D2;1D2,6D2. The monoisotopic (exact) mass is 296 g/mol. The maximum absolute atomic E-state index is 10.8. The van der Waals surface area contributed by atoms with Crippen molar-refractivity contribution in [2.75, 3.05) is 6.56 Å². The Bertz CT molecular complexity index is 690. The van der Waals surface area contributed by atoms with Crippen LogP contribution in [0.15, 0.2) is 0 Å². The van der Waals surface area contributed by atoms with Crippen LogP contribution in [0.4, 0.5) is 0 Å². The summed E-state index contributed by atoms with van der Waals surface area (Å²) in [6, 6.07) is 0. The molecule has 0 aromatic heterocycles. The average molecular weight is 296 g/mol. The van der Waals surface area contributed by atoms with Gasteiger partial charge in [-0.25, -0.2) is 0 Å². The van der Waals surface area contributed by atoms with E-state index in [1.54, 1.807) is 0 Å². The number of aliphatic hydroxyl groups is 1. The summed E-state index contributed by atoms with van der Waals surface area (Å²) in [5, 5.41) is 18.0. The van der Waals surface area contributed by atoms with Crippen molar-refractivity contribution in [1.29, 1.82) is 0 Å². The molecule has 4 spiro atoms. The van der Waals surface area contributed by atoms with Crippen molar-refractivity contribution in [2.24, 2.45) is 33.5 Å². The molecule has 3 heteroatoms. The first-order valence-electron chi connectivity index (χ1n) is 11.2. The quantitative estimate of drug-likeness (QED) is 0.837. The molecule has 2 N–H and O–H groups in total. The van der Waals surface area contributed by atoms with E-state index in [0.29, 0.717) is 0 Å². The predicted molar refractivity (Wildman–Crippen MR) is 77.6 cm³/mol. The third kappa shape index (κ3) is 1.42. The summed E-state index contributed by atoms with van der Waals surface area (Å²) in [7, 11) is 0. The molecular formula is C18H26O3. The predicted octanol–water partition coefficient (Wildman–Crippen LogP) is 3.21. The van der Waals surface area contributed by atoms with Gasteiger partial charge >= 0.3 is 5.97 Å². The van der Waals surface area contributed by atoms with Gasteiger partial charge in [0.05, 0.1) is 2.74 Å². The molecule has 116 valence electrons. The van der Waals surface area contributed by atoms with Crippen molar-refractivity contribution in [3.63, 3.8) is 0 Å². The van der Waals surface area contributed by atoms with Crippen molar-refractivity contribution in [3.05, 3.63) is 0 Å². The van der Waals surface area contributed by atoms with E-state index in [1.165, 1.54) is 0 Å². The molecule has 0 unspecified atom stereocenters. The molecule has 6 aliphatic carbocycles. The SMILES string of the molecule is [2H]C([2H])(C(=O)O)C1C2(CC2)C12CC2.[2H]C([2H])(O)C([2H])([2H])C1C2(CC2)C12CC2. The summed E-state index contributed by atoms with van der Waals surface area (Å²) in [4.78, 5) is 10.8. The molecule has 6 saturated carbocycles. The highest BCUT2D eigenvalue weighted by molar-refractivity contribution is 5.69. The number of hydrogen-bond donors (Lipinski definition) is 2. The van der Waals surface area contributed by atoms with Crippen LogP contribution in [0.1, 0.15) is 72.3 Å². The largest absolute Gasteiger partial charge is 0.481 e. The number of carbonyl (C=O) groups is 1. The second-order valence-corrected chi connectivity index (χ2v) is 8.20. The van der Waals surface area contributed by atoms with Crippen LogP contribution in [0, 0.1) is 33.5 Å². The van der Waals surface area contributed by atoms with Gasteiger partial charge in [-0.1, -0.05) is 0 Å². The second kappa shape index (κ2) is 3.50. The van der Waals surface area contributed by atoms with Gasteiger partial charge in [-0.05, 0) is 91.2 Å². The van der Waals surface area contributed by atoms with E-state index in [9.17, 15) is 9.90 Å². The summed E-state index contributed by atoms with van der Waals surface area (Å²) in [6.07, 6.45) is 4.33. The fourth-order valence-corrected chi connectivity index (χ4v) is 5.90. The molecule has 3 nitrogen and oxygen atoms in total. The van der Waals surface area contributed by atoms with Gasteiger partial charge < -0.3 is 10.2 Å². The zero-order chi connectivity index (χ0) is 19.9. The van der Waals surface area contributed by atoms with Crippen LogP contribution in [-0.2, 0) is 4.79 Å². The Hall–Kier alpha value is -0.570. The summed E-state index contributed by atoms with van der Waals surface area (Å²) >= 11 is 0. The first-order valence-corrected chi connectivity index (χ1v) is 8.21. The highest BCUT2D eigenvalue weighted by Gasteiger charge is 2.86. The summed E-state index contributed by atoms with van der Waals surface area (Å²) in [6.45, 7) is -2.70. The summed E-state index contributed by atoms with van der Waals surface area (Å²) < 4.78 is 44.9. The molecule has 0 atom stereocenters. The van der Waals surface area contributed by atoms with Crippen LogP contribution < -0.4 is 0 Å². The maximum atomic E-state index is 10.8. The van der Waals surface area contributed by atoms with E-state index in [1.807, 2.05) is 0 Å². The van der Waals surface area contributed by atoms with Crippen molar-refractivity contribution in [1.82, 2.24) is 0 Å². The van der Waals surface area contributed by atoms with Crippen LogP contribution >= 0.6 is 0 Å². The molecule has 0 aromatic carbocycles. The van der Waals surface area contributed by atoms with E-state index in [2.05, 4.69) is 0 Å². The molecule has 21 heavy (non-hydrogen) atoms. The number of carboxylic acid groups (broad SMARTS) is 1. The highest BCUT2D eigenvalue weighted by atomic mass is 16.4. The Morgan fingerprint density at radius 1 is 0.905 bits per heavy atom. The molecular weight excluding hydrogens is 264 g/mol. The fraction of sp³-hybridized carbons (Fsp3) is 0.944. The Morgan fingerprint density at radius 3 is 1.57 bits per heavy atom. The van der Waals surface area contributed by atoms with Gasteiger partial charge in [0, 0.05) is 18.4 Å². The Kier molecular flexibility index (Phi) is 1.39. The van der Waals surface area contributed by atoms with E-state index >= 15 is 0 Å². The lowest BCUT2D eigenvalue weighted by atomic mass is 10.2. The molecule has 0 bridgehead atoms. The highest BCUT2D eigenvalue weighted by Crippen LogP contribution is 2.93. The Labute approximate surface area is 134 Å². The van der Waals surface area contributed by atoms with Crippen molar-refractivity contribution in [2.45, 2.75) is 64.1 Å². The maximum Gasteiger partial charge on any atom is 0.303 e. The minimum atomic E-state index is -2.70. The second-order valence-electron chi connectivity index (χ2n) is 8.20. The van der Waals surface area contributed by atoms with E-state index in [4.69, 9.17) is 13.3 Å². The topological polar surface area (TPSA) is 57.5 Å². The zero-order valence-corrected chi connectivity index (χ0v) is 12.1. The first kappa shape index (κ1) is 8.33. The van der Waals surface area contributed by atoms with Gasteiger partial charge in [0.1, 0.15) is 0 Å². The molecule has 0 amide bonds. The van der Waals surface area contributed by atoms with Gasteiger partial charge in [-0.3, -0.25) is 4.79 Å². The zero-order valence-electron chi connectivity index (χ0n) is 18.1. The van der Waals surface area contributed by atoms with Crippen LogP contribution in [0.25, 0.3) is 0 Å². The molecule has 0 heterocycles.